The van der Waals surface area contributed by atoms with E-state index < -0.39 is 0 Å². The summed E-state index contributed by atoms with van der Waals surface area (Å²) in [5.74, 6) is 0.438. The Morgan fingerprint density at radius 2 is 2.12 bits per heavy atom. The smallest absolute Gasteiger partial charge is 0.220 e. The molecule has 0 spiro atoms. The molecular weight excluding hydrogens is 336 g/mol. The molecule has 1 aromatic carbocycles. The first-order valence-corrected chi connectivity index (χ1v) is 9.11. The molecule has 2 heterocycles. The van der Waals surface area contributed by atoms with Crippen LogP contribution in [-0.4, -0.2) is 24.1 Å². The van der Waals surface area contributed by atoms with E-state index >= 15 is 0 Å². The monoisotopic (exact) mass is 358 g/mol. The van der Waals surface area contributed by atoms with Crippen LogP contribution in [0.3, 0.4) is 0 Å². The van der Waals surface area contributed by atoms with Gasteiger partial charge in [0, 0.05) is 37.1 Å². The fraction of sp³-hybridized carbons (Fsp3) is 0.400. The molecule has 1 saturated heterocycles. The summed E-state index contributed by atoms with van der Waals surface area (Å²) >= 11 is 6.01. The quantitative estimate of drug-likeness (QED) is 0.850. The summed E-state index contributed by atoms with van der Waals surface area (Å²) in [5.41, 5.74) is 2.14. The number of carbonyl (C=O) groups excluding carboxylic acids is 1. The van der Waals surface area contributed by atoms with Crippen molar-refractivity contribution >= 4 is 17.5 Å². The number of hydrogen-bond acceptors (Lipinski definition) is 3. The van der Waals surface area contributed by atoms with E-state index in [-0.39, 0.29) is 11.9 Å². The maximum absolute atomic E-state index is 12.5. The third-order valence-electron chi connectivity index (χ3n) is 4.63. The second kappa shape index (κ2) is 8.97. The lowest BCUT2D eigenvalue weighted by atomic mass is 9.87. The van der Waals surface area contributed by atoms with Crippen molar-refractivity contribution in [1.29, 1.82) is 0 Å². The second-order valence-electron chi connectivity index (χ2n) is 6.41. The highest BCUT2D eigenvalue weighted by molar-refractivity contribution is 6.30. The van der Waals surface area contributed by atoms with Gasteiger partial charge in [-0.05, 0) is 54.5 Å². The van der Waals surface area contributed by atoms with Gasteiger partial charge in [-0.3, -0.25) is 9.78 Å². The van der Waals surface area contributed by atoms with Gasteiger partial charge < -0.3 is 10.1 Å². The van der Waals surface area contributed by atoms with Crippen molar-refractivity contribution in [2.24, 2.45) is 5.92 Å². The molecule has 1 fully saturated rings. The van der Waals surface area contributed by atoms with Crippen molar-refractivity contribution in [2.75, 3.05) is 13.2 Å². The average Bonchev–Trinajstić information content (AvgIpc) is 2.66. The molecule has 0 bridgehead atoms. The summed E-state index contributed by atoms with van der Waals surface area (Å²) in [4.78, 5) is 16.7. The molecule has 0 saturated carbocycles. The van der Waals surface area contributed by atoms with Gasteiger partial charge in [-0.15, -0.1) is 0 Å². The zero-order valence-electron chi connectivity index (χ0n) is 14.2. The van der Waals surface area contributed by atoms with Crippen molar-refractivity contribution in [3.63, 3.8) is 0 Å². The van der Waals surface area contributed by atoms with Gasteiger partial charge in [-0.25, -0.2) is 0 Å². The zero-order valence-corrected chi connectivity index (χ0v) is 14.9. The number of ether oxygens (including phenoxy) is 1. The lowest BCUT2D eigenvalue weighted by molar-refractivity contribution is -0.122. The summed E-state index contributed by atoms with van der Waals surface area (Å²) in [6.07, 6.45) is 6.63. The third kappa shape index (κ3) is 5.28. The number of aromatic nitrogens is 1. The molecule has 5 heteroatoms. The van der Waals surface area contributed by atoms with Crippen LogP contribution in [0, 0.1) is 5.92 Å². The first-order valence-electron chi connectivity index (χ1n) is 8.74. The van der Waals surface area contributed by atoms with Crippen LogP contribution in [0.5, 0.6) is 0 Å². The van der Waals surface area contributed by atoms with Gasteiger partial charge >= 0.3 is 0 Å². The molecule has 1 aromatic heterocycles. The van der Waals surface area contributed by atoms with Gasteiger partial charge in [-0.1, -0.05) is 29.8 Å². The molecule has 1 N–H and O–H groups in total. The third-order valence-corrected chi connectivity index (χ3v) is 4.86. The van der Waals surface area contributed by atoms with Crippen LogP contribution in [0.2, 0.25) is 5.02 Å². The van der Waals surface area contributed by atoms with Crippen molar-refractivity contribution in [1.82, 2.24) is 10.3 Å². The van der Waals surface area contributed by atoms with E-state index in [1.165, 1.54) is 0 Å². The Morgan fingerprint density at radius 3 is 2.84 bits per heavy atom. The Balaban J connectivity index is 1.63. The summed E-state index contributed by atoms with van der Waals surface area (Å²) in [6.45, 7) is 1.50. The number of pyridine rings is 1. The number of nitrogens with one attached hydrogen (secondary N) is 1. The molecule has 25 heavy (non-hydrogen) atoms. The maximum atomic E-state index is 12.5. The Labute approximate surface area is 153 Å². The summed E-state index contributed by atoms with van der Waals surface area (Å²) < 4.78 is 5.47. The Kier molecular flexibility index (Phi) is 6.42. The number of aryl methyl sites for hydroxylation is 1. The summed E-state index contributed by atoms with van der Waals surface area (Å²) in [5, 5.41) is 3.92. The number of benzene rings is 1. The first kappa shape index (κ1) is 17.9. The van der Waals surface area contributed by atoms with E-state index in [0.717, 1.165) is 37.2 Å². The Hall–Kier alpha value is -1.91. The van der Waals surface area contributed by atoms with Crippen molar-refractivity contribution in [3.8, 4) is 0 Å². The maximum Gasteiger partial charge on any atom is 0.220 e. The van der Waals surface area contributed by atoms with E-state index in [0.29, 0.717) is 23.8 Å². The minimum absolute atomic E-state index is 0.00976. The minimum Gasteiger partial charge on any atom is -0.381 e. The molecule has 1 aliphatic rings. The van der Waals surface area contributed by atoms with Crippen molar-refractivity contribution in [2.45, 2.75) is 31.7 Å². The van der Waals surface area contributed by atoms with Gasteiger partial charge in [0.1, 0.15) is 0 Å². The van der Waals surface area contributed by atoms with Gasteiger partial charge in [0.2, 0.25) is 5.91 Å². The topological polar surface area (TPSA) is 51.2 Å². The van der Waals surface area contributed by atoms with Crippen molar-refractivity contribution in [3.05, 3.63) is 64.9 Å². The second-order valence-corrected chi connectivity index (χ2v) is 6.85. The molecule has 1 atom stereocenters. The fourth-order valence-corrected chi connectivity index (χ4v) is 3.49. The highest BCUT2D eigenvalue weighted by Crippen LogP contribution is 2.29. The van der Waals surface area contributed by atoms with Crippen LogP contribution in [0.15, 0.2) is 48.8 Å². The van der Waals surface area contributed by atoms with Crippen LogP contribution in [0.4, 0.5) is 0 Å². The molecule has 4 nitrogen and oxygen atoms in total. The number of rotatable bonds is 6. The molecule has 1 amide bonds. The molecule has 0 radical (unpaired) electrons. The van der Waals surface area contributed by atoms with E-state index in [1.54, 1.807) is 6.20 Å². The zero-order chi connectivity index (χ0) is 17.5. The highest BCUT2D eigenvalue weighted by atomic mass is 35.5. The lowest BCUT2D eigenvalue weighted by Crippen LogP contribution is -2.36. The number of hydrogen-bond donors (Lipinski definition) is 1. The normalized spacial score (nSPS) is 16.4. The molecule has 1 unspecified atom stereocenters. The minimum atomic E-state index is -0.00976. The van der Waals surface area contributed by atoms with Crippen LogP contribution in [0.25, 0.3) is 0 Å². The van der Waals surface area contributed by atoms with Gasteiger partial charge in [0.15, 0.2) is 0 Å². The number of amides is 1. The predicted octanol–water partition coefficient (Wildman–Crippen LogP) is 3.95. The van der Waals surface area contributed by atoms with Crippen LogP contribution in [-0.2, 0) is 16.0 Å². The average molecular weight is 359 g/mol. The fourth-order valence-electron chi connectivity index (χ4n) is 3.28. The lowest BCUT2D eigenvalue weighted by Gasteiger charge is -2.31. The van der Waals surface area contributed by atoms with Crippen LogP contribution < -0.4 is 5.32 Å². The molecular formula is C20H23ClN2O2. The van der Waals surface area contributed by atoms with E-state index in [9.17, 15) is 4.79 Å². The largest absolute Gasteiger partial charge is 0.381 e. The number of halogens is 1. The van der Waals surface area contributed by atoms with Gasteiger partial charge in [0.05, 0.1) is 6.04 Å². The van der Waals surface area contributed by atoms with E-state index in [4.69, 9.17) is 16.3 Å². The molecule has 1 aliphatic heterocycles. The SMILES string of the molecule is O=C(CCc1cccc(Cl)c1)NC(c1cccnc1)C1CCOCC1. The highest BCUT2D eigenvalue weighted by Gasteiger charge is 2.27. The number of nitrogens with zero attached hydrogens (tertiary/aromatic N) is 1. The van der Waals surface area contributed by atoms with Gasteiger partial charge in [-0.2, -0.15) is 0 Å². The molecule has 2 aromatic rings. The van der Waals surface area contributed by atoms with Crippen LogP contribution >= 0.6 is 11.6 Å². The molecule has 3 rings (SSSR count). The predicted molar refractivity (Wildman–Crippen MR) is 98.4 cm³/mol. The number of carbonyl (C=O) groups is 1. The van der Waals surface area contributed by atoms with E-state index in [2.05, 4.69) is 10.3 Å². The Morgan fingerprint density at radius 1 is 1.28 bits per heavy atom. The summed E-state index contributed by atoms with van der Waals surface area (Å²) in [7, 11) is 0. The standard InChI is InChI=1S/C20H23ClN2O2/c21-18-5-1-3-15(13-18)6-7-19(24)23-20(16-8-11-25-12-9-16)17-4-2-10-22-14-17/h1-5,10,13-14,16,20H,6-9,11-12H2,(H,23,24). The van der Waals surface area contributed by atoms with Gasteiger partial charge in [0.25, 0.3) is 0 Å². The Bertz CT molecular complexity index is 687. The first-order chi connectivity index (χ1) is 12.2. The van der Waals surface area contributed by atoms with Crippen LogP contribution in [0.1, 0.15) is 36.4 Å². The summed E-state index contributed by atoms with van der Waals surface area (Å²) in [6, 6.07) is 11.6. The molecule has 0 aliphatic carbocycles. The molecule has 132 valence electrons. The van der Waals surface area contributed by atoms with Crippen molar-refractivity contribution < 1.29 is 9.53 Å². The van der Waals surface area contributed by atoms with E-state index in [1.807, 2.05) is 42.6 Å².